The standard InChI is InChI=1S/C10H5BrF6O2/c11-6-1-2-7(5(3-6)4-18)19-8(9(12,13)14)10(15,16)17/h1-4,8H. The number of alkyl halides is 6. The Labute approximate surface area is 111 Å². The predicted octanol–water partition coefficient (Wildman–Crippen LogP) is 4.13. The highest BCUT2D eigenvalue weighted by Crippen LogP contribution is 2.37. The minimum Gasteiger partial charge on any atom is -0.471 e. The van der Waals surface area contributed by atoms with Crippen molar-refractivity contribution in [1.29, 1.82) is 0 Å². The summed E-state index contributed by atoms with van der Waals surface area (Å²) >= 11 is 2.92. The molecule has 0 aliphatic carbocycles. The van der Waals surface area contributed by atoms with E-state index in [-0.39, 0.29) is 6.29 Å². The second-order valence-electron chi connectivity index (χ2n) is 3.38. The molecule has 19 heavy (non-hydrogen) atoms. The zero-order valence-corrected chi connectivity index (χ0v) is 10.4. The van der Waals surface area contributed by atoms with Crippen LogP contribution in [-0.2, 0) is 0 Å². The van der Waals surface area contributed by atoms with E-state index in [1.54, 1.807) is 0 Å². The van der Waals surface area contributed by atoms with Crippen molar-refractivity contribution in [3.63, 3.8) is 0 Å². The van der Waals surface area contributed by atoms with E-state index < -0.39 is 29.8 Å². The number of hydrogen-bond acceptors (Lipinski definition) is 2. The second-order valence-corrected chi connectivity index (χ2v) is 4.30. The molecule has 9 heteroatoms. The molecule has 0 aliphatic rings. The highest BCUT2D eigenvalue weighted by atomic mass is 79.9. The molecule has 1 aromatic carbocycles. The quantitative estimate of drug-likeness (QED) is 0.605. The summed E-state index contributed by atoms with van der Waals surface area (Å²) in [5.41, 5.74) is -0.423. The van der Waals surface area contributed by atoms with Gasteiger partial charge in [0, 0.05) is 4.47 Å². The molecule has 0 N–H and O–H groups in total. The fourth-order valence-electron chi connectivity index (χ4n) is 1.16. The van der Waals surface area contributed by atoms with Gasteiger partial charge in [-0.3, -0.25) is 4.79 Å². The maximum Gasteiger partial charge on any atom is 0.434 e. The number of aldehydes is 1. The van der Waals surface area contributed by atoms with Gasteiger partial charge >= 0.3 is 12.4 Å². The minimum absolute atomic E-state index is 0.101. The van der Waals surface area contributed by atoms with E-state index in [0.29, 0.717) is 4.47 Å². The van der Waals surface area contributed by atoms with Crippen molar-refractivity contribution in [2.45, 2.75) is 18.5 Å². The van der Waals surface area contributed by atoms with Gasteiger partial charge in [0.1, 0.15) is 5.75 Å². The number of benzene rings is 1. The second kappa shape index (κ2) is 5.40. The van der Waals surface area contributed by atoms with Gasteiger partial charge in [-0.15, -0.1) is 0 Å². The monoisotopic (exact) mass is 350 g/mol. The number of carbonyl (C=O) groups excluding carboxylic acids is 1. The van der Waals surface area contributed by atoms with Gasteiger partial charge in [-0.2, -0.15) is 26.3 Å². The molecule has 0 aliphatic heterocycles. The topological polar surface area (TPSA) is 26.3 Å². The molecule has 2 nitrogen and oxygen atoms in total. The molecule has 1 rings (SSSR count). The molecule has 0 saturated heterocycles. The molecule has 0 aromatic heterocycles. The maximum absolute atomic E-state index is 12.3. The third kappa shape index (κ3) is 4.12. The first kappa shape index (κ1) is 15.8. The molecular weight excluding hydrogens is 346 g/mol. The van der Waals surface area contributed by atoms with Crippen LogP contribution in [0.3, 0.4) is 0 Å². The van der Waals surface area contributed by atoms with Gasteiger partial charge in [0.15, 0.2) is 6.29 Å². The van der Waals surface area contributed by atoms with Gasteiger partial charge in [-0.25, -0.2) is 0 Å². The summed E-state index contributed by atoms with van der Waals surface area (Å²) in [6, 6.07) is 3.05. The first-order valence-corrected chi connectivity index (χ1v) is 5.40. The summed E-state index contributed by atoms with van der Waals surface area (Å²) in [5, 5.41) is 0. The molecule has 0 unspecified atom stereocenters. The Balaban J connectivity index is 3.14. The van der Waals surface area contributed by atoms with E-state index in [9.17, 15) is 31.1 Å². The van der Waals surface area contributed by atoms with Crippen molar-refractivity contribution >= 4 is 22.2 Å². The summed E-state index contributed by atoms with van der Waals surface area (Å²) in [6.07, 6.45) is -15.2. The molecule has 0 bridgehead atoms. The first-order chi connectivity index (χ1) is 8.55. The lowest BCUT2D eigenvalue weighted by molar-refractivity contribution is -0.299. The number of carbonyl (C=O) groups is 1. The fourth-order valence-corrected chi connectivity index (χ4v) is 1.54. The van der Waals surface area contributed by atoms with E-state index in [2.05, 4.69) is 20.7 Å². The number of halogens is 7. The van der Waals surface area contributed by atoms with Crippen molar-refractivity contribution in [3.8, 4) is 5.75 Å². The van der Waals surface area contributed by atoms with Crippen LogP contribution >= 0.6 is 15.9 Å². The normalized spacial score (nSPS) is 12.6. The third-order valence-electron chi connectivity index (χ3n) is 1.94. The lowest BCUT2D eigenvalue weighted by Crippen LogP contribution is -2.46. The van der Waals surface area contributed by atoms with Crippen LogP contribution in [-0.4, -0.2) is 24.7 Å². The zero-order valence-electron chi connectivity index (χ0n) is 8.85. The van der Waals surface area contributed by atoms with E-state index in [1.165, 1.54) is 0 Å². The molecule has 0 heterocycles. The Bertz CT molecular complexity index is 454. The molecule has 0 saturated carbocycles. The SMILES string of the molecule is O=Cc1cc(Br)ccc1OC(C(F)(F)F)C(F)(F)F. The van der Waals surface area contributed by atoms with Crippen LogP contribution in [0.2, 0.25) is 0 Å². The van der Waals surface area contributed by atoms with Gasteiger partial charge in [-0.05, 0) is 18.2 Å². The molecule has 0 radical (unpaired) electrons. The molecule has 106 valence electrons. The average molecular weight is 351 g/mol. The van der Waals surface area contributed by atoms with Crippen LogP contribution in [0.25, 0.3) is 0 Å². The highest BCUT2D eigenvalue weighted by Gasteiger charge is 2.59. The largest absolute Gasteiger partial charge is 0.471 e. The lowest BCUT2D eigenvalue weighted by Gasteiger charge is -2.24. The smallest absolute Gasteiger partial charge is 0.434 e. The summed E-state index contributed by atoms with van der Waals surface area (Å²) in [6.45, 7) is 0. The van der Waals surface area contributed by atoms with E-state index in [1.807, 2.05) is 0 Å². The Morgan fingerprint density at radius 2 is 1.63 bits per heavy atom. The average Bonchev–Trinajstić information content (AvgIpc) is 2.23. The molecule has 0 fully saturated rings. The highest BCUT2D eigenvalue weighted by molar-refractivity contribution is 9.10. The third-order valence-corrected chi connectivity index (χ3v) is 2.43. The van der Waals surface area contributed by atoms with Gasteiger partial charge in [-0.1, -0.05) is 15.9 Å². The Morgan fingerprint density at radius 3 is 2.05 bits per heavy atom. The van der Waals surface area contributed by atoms with Gasteiger partial charge < -0.3 is 4.74 Å². The summed E-state index contributed by atoms with van der Waals surface area (Å²) in [7, 11) is 0. The van der Waals surface area contributed by atoms with Crippen LogP contribution in [0, 0.1) is 0 Å². The zero-order chi connectivity index (χ0) is 14.8. The Hall–Kier alpha value is -1.25. The summed E-state index contributed by atoms with van der Waals surface area (Å²) in [5.74, 6) is -0.794. The Morgan fingerprint density at radius 1 is 1.11 bits per heavy atom. The Kier molecular flexibility index (Phi) is 4.49. The van der Waals surface area contributed by atoms with E-state index in [4.69, 9.17) is 0 Å². The van der Waals surface area contributed by atoms with E-state index in [0.717, 1.165) is 18.2 Å². The molecule has 0 amide bonds. The molecular formula is C10H5BrF6O2. The maximum atomic E-state index is 12.3. The number of ether oxygens (including phenoxy) is 1. The number of rotatable bonds is 3. The van der Waals surface area contributed by atoms with Crippen LogP contribution in [0.4, 0.5) is 26.3 Å². The predicted molar refractivity (Wildman–Crippen MR) is 56.1 cm³/mol. The van der Waals surface area contributed by atoms with E-state index >= 15 is 0 Å². The molecule has 0 spiro atoms. The van der Waals surface area contributed by atoms with Crippen molar-refractivity contribution in [2.24, 2.45) is 0 Å². The van der Waals surface area contributed by atoms with Crippen molar-refractivity contribution in [2.75, 3.05) is 0 Å². The van der Waals surface area contributed by atoms with Gasteiger partial charge in [0.25, 0.3) is 6.10 Å². The first-order valence-electron chi connectivity index (χ1n) is 4.60. The van der Waals surface area contributed by atoms with Crippen LogP contribution in [0.15, 0.2) is 22.7 Å². The summed E-state index contributed by atoms with van der Waals surface area (Å²) < 4.78 is 77.9. The lowest BCUT2D eigenvalue weighted by atomic mass is 10.2. The minimum atomic E-state index is -5.63. The fraction of sp³-hybridized carbons (Fsp3) is 0.300. The van der Waals surface area contributed by atoms with Crippen molar-refractivity contribution in [1.82, 2.24) is 0 Å². The van der Waals surface area contributed by atoms with Gasteiger partial charge in [0.2, 0.25) is 0 Å². The summed E-state index contributed by atoms with van der Waals surface area (Å²) in [4.78, 5) is 10.6. The molecule has 1 aromatic rings. The molecule has 0 atom stereocenters. The van der Waals surface area contributed by atoms with Crippen molar-refractivity contribution < 1.29 is 35.9 Å². The van der Waals surface area contributed by atoms with Crippen LogP contribution in [0.5, 0.6) is 5.75 Å². The number of hydrogen-bond donors (Lipinski definition) is 0. The van der Waals surface area contributed by atoms with Crippen LogP contribution < -0.4 is 4.74 Å². The van der Waals surface area contributed by atoms with Gasteiger partial charge in [0.05, 0.1) is 5.56 Å². The van der Waals surface area contributed by atoms with Crippen LogP contribution in [0.1, 0.15) is 10.4 Å². The van der Waals surface area contributed by atoms with Crippen molar-refractivity contribution in [3.05, 3.63) is 28.2 Å².